The molecule has 1 N–H and O–H groups in total. The van der Waals surface area contributed by atoms with Crippen LogP contribution in [0.3, 0.4) is 0 Å². The van der Waals surface area contributed by atoms with Gasteiger partial charge in [0.1, 0.15) is 0 Å². The van der Waals surface area contributed by atoms with Crippen molar-refractivity contribution in [3.05, 3.63) is 18.3 Å². The van der Waals surface area contributed by atoms with Crippen molar-refractivity contribution in [2.45, 2.75) is 58.8 Å². The number of pyridine rings is 1. The molecule has 1 aliphatic heterocycles. The molecule has 0 bridgehead atoms. The van der Waals surface area contributed by atoms with Gasteiger partial charge in [0.15, 0.2) is 6.61 Å². The number of aromatic nitrogens is 1. The summed E-state index contributed by atoms with van der Waals surface area (Å²) >= 11 is 0. The summed E-state index contributed by atoms with van der Waals surface area (Å²) in [4.78, 5) is 15.7. The first kappa shape index (κ1) is 17.8. The maximum atomic E-state index is 11.5. The number of nitrogens with zero attached hydrogens (tertiary/aromatic N) is 1. The molecule has 126 valence electrons. The second-order valence-electron chi connectivity index (χ2n) is 7.03. The summed E-state index contributed by atoms with van der Waals surface area (Å²) in [6.45, 7) is 11.8. The fraction of sp³-hybridized carbons (Fsp3) is 0.625. The van der Waals surface area contributed by atoms with Gasteiger partial charge in [-0.25, -0.2) is 4.98 Å². The zero-order valence-corrected chi connectivity index (χ0v) is 14.7. The van der Waals surface area contributed by atoms with Crippen molar-refractivity contribution in [3.8, 4) is 5.88 Å². The van der Waals surface area contributed by atoms with Crippen LogP contribution in [-0.4, -0.2) is 41.9 Å². The smallest absolute Gasteiger partial charge is 0.468 e. The van der Waals surface area contributed by atoms with Crippen LogP contribution in [0, 0.1) is 0 Å². The van der Waals surface area contributed by atoms with E-state index in [0.717, 1.165) is 5.46 Å². The van der Waals surface area contributed by atoms with Crippen LogP contribution >= 0.6 is 0 Å². The monoisotopic (exact) mass is 320 g/mol. The standard InChI is InChI=1S/C16H25BN2O4/c1-11(2)19-13(20)10-21-14-8-7-12(9-18-14)17-22-15(3,4)16(5,6)23-17/h7-9,11H,10H2,1-6H3,(H,19,20). The van der Waals surface area contributed by atoms with E-state index in [4.69, 9.17) is 14.0 Å². The summed E-state index contributed by atoms with van der Waals surface area (Å²) in [6, 6.07) is 3.64. The number of amides is 1. The van der Waals surface area contributed by atoms with Crippen molar-refractivity contribution < 1.29 is 18.8 Å². The lowest BCUT2D eigenvalue weighted by atomic mass is 9.80. The van der Waals surface area contributed by atoms with Gasteiger partial charge >= 0.3 is 7.12 Å². The van der Waals surface area contributed by atoms with Crippen molar-refractivity contribution in [2.75, 3.05) is 6.61 Å². The van der Waals surface area contributed by atoms with Crippen LogP contribution in [0.1, 0.15) is 41.5 Å². The topological polar surface area (TPSA) is 69.7 Å². The molecule has 0 unspecified atom stereocenters. The largest absolute Gasteiger partial charge is 0.496 e. The molecule has 1 aromatic heterocycles. The first-order valence-corrected chi connectivity index (χ1v) is 7.84. The maximum absolute atomic E-state index is 11.5. The number of carbonyl (C=O) groups excluding carboxylic acids is 1. The molecule has 0 aliphatic carbocycles. The number of ether oxygens (including phenoxy) is 1. The molecule has 0 atom stereocenters. The summed E-state index contributed by atoms with van der Waals surface area (Å²) < 4.78 is 17.3. The predicted octanol–water partition coefficient (Wildman–Crippen LogP) is 1.28. The van der Waals surface area contributed by atoms with E-state index in [-0.39, 0.29) is 29.8 Å². The van der Waals surface area contributed by atoms with Crippen LogP contribution < -0.4 is 15.5 Å². The van der Waals surface area contributed by atoms with Crippen LogP contribution in [0.15, 0.2) is 18.3 Å². The quantitative estimate of drug-likeness (QED) is 0.828. The minimum absolute atomic E-state index is 0.0545. The number of nitrogens with one attached hydrogen (secondary N) is 1. The predicted molar refractivity (Wildman–Crippen MR) is 88.7 cm³/mol. The third-order valence-corrected chi connectivity index (χ3v) is 4.09. The molecule has 1 aromatic rings. The van der Waals surface area contributed by atoms with Gasteiger partial charge in [-0.3, -0.25) is 4.79 Å². The minimum Gasteiger partial charge on any atom is -0.468 e. The van der Waals surface area contributed by atoms with Gasteiger partial charge in [0.25, 0.3) is 5.91 Å². The molecule has 1 saturated heterocycles. The van der Waals surface area contributed by atoms with Gasteiger partial charge in [-0.1, -0.05) is 6.07 Å². The molecule has 0 spiro atoms. The molecule has 23 heavy (non-hydrogen) atoms. The van der Waals surface area contributed by atoms with Gasteiger partial charge < -0.3 is 19.4 Å². The van der Waals surface area contributed by atoms with E-state index >= 15 is 0 Å². The van der Waals surface area contributed by atoms with Gasteiger partial charge in [0.2, 0.25) is 5.88 Å². The lowest BCUT2D eigenvalue weighted by Crippen LogP contribution is -2.41. The van der Waals surface area contributed by atoms with E-state index < -0.39 is 7.12 Å². The van der Waals surface area contributed by atoms with Gasteiger partial charge in [-0.2, -0.15) is 0 Å². The highest BCUT2D eigenvalue weighted by molar-refractivity contribution is 6.62. The molecule has 7 heteroatoms. The van der Waals surface area contributed by atoms with E-state index in [1.807, 2.05) is 47.6 Å². The van der Waals surface area contributed by atoms with Crippen molar-refractivity contribution in [1.29, 1.82) is 0 Å². The molecule has 1 fully saturated rings. The fourth-order valence-electron chi connectivity index (χ4n) is 2.10. The lowest BCUT2D eigenvalue weighted by molar-refractivity contribution is -0.123. The van der Waals surface area contributed by atoms with Gasteiger partial charge in [0, 0.05) is 17.7 Å². The van der Waals surface area contributed by atoms with Gasteiger partial charge in [0.05, 0.1) is 11.2 Å². The van der Waals surface area contributed by atoms with E-state index in [1.54, 1.807) is 12.3 Å². The highest BCUT2D eigenvalue weighted by Crippen LogP contribution is 2.36. The van der Waals surface area contributed by atoms with Crippen molar-refractivity contribution >= 4 is 18.5 Å². The Labute approximate surface area is 138 Å². The first-order chi connectivity index (χ1) is 10.6. The lowest BCUT2D eigenvalue weighted by Gasteiger charge is -2.32. The van der Waals surface area contributed by atoms with Crippen LogP contribution in [0.2, 0.25) is 0 Å². The average Bonchev–Trinajstić information content (AvgIpc) is 2.65. The summed E-state index contributed by atoms with van der Waals surface area (Å²) in [6.07, 6.45) is 1.65. The molecule has 0 radical (unpaired) electrons. The van der Waals surface area contributed by atoms with Crippen LogP contribution in [-0.2, 0) is 14.1 Å². The van der Waals surface area contributed by atoms with E-state index in [0.29, 0.717) is 5.88 Å². The molecule has 2 rings (SSSR count). The summed E-state index contributed by atoms with van der Waals surface area (Å²) in [5.74, 6) is 0.223. The Morgan fingerprint density at radius 1 is 1.26 bits per heavy atom. The fourth-order valence-corrected chi connectivity index (χ4v) is 2.10. The summed E-state index contributed by atoms with van der Waals surface area (Å²) in [7, 11) is -0.453. The Bertz CT molecular complexity index is 542. The SMILES string of the molecule is CC(C)NC(=O)COc1ccc(B2OC(C)(C)C(C)(C)O2)cn1. The second-order valence-corrected chi connectivity index (χ2v) is 7.03. The Morgan fingerprint density at radius 2 is 1.87 bits per heavy atom. The normalized spacial score (nSPS) is 19.0. The molecule has 1 aliphatic rings. The third-order valence-electron chi connectivity index (χ3n) is 4.09. The Kier molecular flexibility index (Phi) is 5.01. The zero-order chi connectivity index (χ0) is 17.3. The van der Waals surface area contributed by atoms with E-state index in [1.165, 1.54) is 0 Å². The number of hydrogen-bond acceptors (Lipinski definition) is 5. The van der Waals surface area contributed by atoms with Crippen molar-refractivity contribution in [1.82, 2.24) is 10.3 Å². The maximum Gasteiger partial charge on any atom is 0.496 e. The summed E-state index contributed by atoms with van der Waals surface area (Å²) in [5.41, 5.74) is 0.0476. The van der Waals surface area contributed by atoms with Crippen LogP contribution in [0.4, 0.5) is 0 Å². The van der Waals surface area contributed by atoms with Gasteiger partial charge in [-0.05, 0) is 47.6 Å². The molecular weight excluding hydrogens is 295 g/mol. The molecular formula is C16H25BN2O4. The highest BCUT2D eigenvalue weighted by Gasteiger charge is 2.51. The number of hydrogen-bond donors (Lipinski definition) is 1. The van der Waals surface area contributed by atoms with E-state index in [2.05, 4.69) is 10.3 Å². The molecule has 1 amide bonds. The minimum atomic E-state index is -0.453. The Hall–Kier alpha value is -1.60. The Morgan fingerprint density at radius 3 is 2.35 bits per heavy atom. The highest BCUT2D eigenvalue weighted by atomic mass is 16.7. The second kappa shape index (κ2) is 6.49. The zero-order valence-electron chi connectivity index (χ0n) is 14.7. The molecule has 0 saturated carbocycles. The third kappa shape index (κ3) is 4.23. The average molecular weight is 320 g/mol. The summed E-state index contributed by atoms with van der Waals surface area (Å²) in [5, 5.41) is 2.76. The molecule has 6 nitrogen and oxygen atoms in total. The van der Waals surface area contributed by atoms with Crippen LogP contribution in [0.25, 0.3) is 0 Å². The van der Waals surface area contributed by atoms with Crippen molar-refractivity contribution in [2.24, 2.45) is 0 Å². The Balaban J connectivity index is 1.94. The first-order valence-electron chi connectivity index (χ1n) is 7.84. The van der Waals surface area contributed by atoms with Crippen molar-refractivity contribution in [3.63, 3.8) is 0 Å². The molecule has 0 aromatic carbocycles. The molecule has 2 heterocycles. The number of rotatable bonds is 5. The number of carbonyl (C=O) groups is 1. The van der Waals surface area contributed by atoms with Crippen LogP contribution in [0.5, 0.6) is 5.88 Å². The van der Waals surface area contributed by atoms with Gasteiger partial charge in [-0.15, -0.1) is 0 Å². The van der Waals surface area contributed by atoms with E-state index in [9.17, 15) is 4.79 Å².